The number of anilines is 1. The largest absolute Gasteiger partial charge is 0.365 e. The maximum Gasteiger partial charge on any atom is 0.251 e. The van der Waals surface area contributed by atoms with Gasteiger partial charge in [-0.15, -0.1) is 23.7 Å². The first-order chi connectivity index (χ1) is 15.0. The van der Waals surface area contributed by atoms with Crippen molar-refractivity contribution >= 4 is 40.6 Å². The van der Waals surface area contributed by atoms with Gasteiger partial charge in [0, 0.05) is 18.0 Å². The Bertz CT molecular complexity index is 1080. The molecule has 0 bridgehead atoms. The van der Waals surface area contributed by atoms with Crippen molar-refractivity contribution in [3.8, 4) is 11.1 Å². The normalized spacial score (nSPS) is 13.2. The van der Waals surface area contributed by atoms with Crippen molar-refractivity contribution in [1.29, 1.82) is 0 Å². The fraction of sp³-hybridized carbons (Fsp3) is 0.280. The van der Waals surface area contributed by atoms with E-state index in [-0.39, 0.29) is 24.7 Å². The summed E-state index contributed by atoms with van der Waals surface area (Å²) in [4.78, 5) is 28.4. The summed E-state index contributed by atoms with van der Waals surface area (Å²) >= 11 is 1.48. The summed E-state index contributed by atoms with van der Waals surface area (Å²) in [7, 11) is 0. The van der Waals surface area contributed by atoms with Crippen molar-refractivity contribution in [1.82, 2.24) is 4.90 Å². The molecule has 0 fully saturated rings. The minimum absolute atomic E-state index is 0. The molecule has 4 rings (SSSR count). The third kappa shape index (κ3) is 5.38. The van der Waals surface area contributed by atoms with Gasteiger partial charge in [0.1, 0.15) is 5.00 Å². The SMILES string of the molecule is CCCN1CCc2c(sc(NC(=O)Cc3ccc(-c4ccccc4)cc3)c2C(N)=O)C1.Cl. The van der Waals surface area contributed by atoms with E-state index < -0.39 is 5.91 Å². The lowest BCUT2D eigenvalue weighted by molar-refractivity contribution is -0.115. The molecule has 0 saturated carbocycles. The van der Waals surface area contributed by atoms with Gasteiger partial charge in [0.05, 0.1) is 12.0 Å². The molecule has 0 saturated heterocycles. The Morgan fingerprint density at radius 3 is 2.41 bits per heavy atom. The highest BCUT2D eigenvalue weighted by atomic mass is 35.5. The van der Waals surface area contributed by atoms with Gasteiger partial charge in [-0.25, -0.2) is 0 Å². The monoisotopic (exact) mass is 469 g/mol. The molecule has 0 unspecified atom stereocenters. The molecule has 0 radical (unpaired) electrons. The van der Waals surface area contributed by atoms with Crippen LogP contribution in [0.5, 0.6) is 0 Å². The number of hydrogen-bond donors (Lipinski definition) is 2. The van der Waals surface area contributed by atoms with Crippen LogP contribution in [0.1, 0.15) is 39.7 Å². The van der Waals surface area contributed by atoms with Crippen LogP contribution >= 0.6 is 23.7 Å². The molecule has 1 aliphatic rings. The van der Waals surface area contributed by atoms with E-state index in [9.17, 15) is 9.59 Å². The number of carbonyl (C=O) groups excluding carboxylic acids is 2. The lowest BCUT2D eigenvalue weighted by Crippen LogP contribution is -2.31. The Kier molecular flexibility index (Phi) is 8.07. The zero-order valence-electron chi connectivity index (χ0n) is 18.1. The minimum atomic E-state index is -0.469. The van der Waals surface area contributed by atoms with Crippen LogP contribution in [0.25, 0.3) is 11.1 Å². The summed E-state index contributed by atoms with van der Waals surface area (Å²) in [5.41, 5.74) is 10.4. The van der Waals surface area contributed by atoms with Gasteiger partial charge < -0.3 is 11.1 Å². The predicted molar refractivity (Wildman–Crippen MR) is 134 cm³/mol. The number of thiophene rings is 1. The highest BCUT2D eigenvalue weighted by molar-refractivity contribution is 7.17. The Balaban J connectivity index is 0.00000289. The molecule has 3 aromatic rings. The molecule has 3 N–H and O–H groups in total. The number of nitrogens with one attached hydrogen (secondary N) is 1. The number of halogens is 1. The molecular weight excluding hydrogens is 442 g/mol. The molecule has 1 aliphatic heterocycles. The number of primary amides is 1. The zero-order valence-corrected chi connectivity index (χ0v) is 19.7. The molecule has 5 nitrogen and oxygen atoms in total. The van der Waals surface area contributed by atoms with Crippen LogP contribution in [0.15, 0.2) is 54.6 Å². The van der Waals surface area contributed by atoms with Crippen molar-refractivity contribution in [2.75, 3.05) is 18.4 Å². The lowest BCUT2D eigenvalue weighted by atomic mass is 10.0. The number of nitrogens with two attached hydrogens (primary N) is 1. The number of benzene rings is 2. The van der Waals surface area contributed by atoms with Crippen molar-refractivity contribution < 1.29 is 9.59 Å². The van der Waals surface area contributed by atoms with Crippen LogP contribution in [0.2, 0.25) is 0 Å². The number of carbonyl (C=O) groups is 2. The van der Waals surface area contributed by atoms with E-state index in [0.29, 0.717) is 10.6 Å². The summed E-state index contributed by atoms with van der Waals surface area (Å²) in [6.45, 7) is 4.92. The molecule has 0 atom stereocenters. The van der Waals surface area contributed by atoms with E-state index in [1.807, 2.05) is 42.5 Å². The Labute approximate surface area is 199 Å². The van der Waals surface area contributed by atoms with E-state index in [1.54, 1.807) is 0 Å². The first-order valence-electron chi connectivity index (χ1n) is 10.7. The number of nitrogens with zero attached hydrogens (tertiary/aromatic N) is 1. The fourth-order valence-corrected chi connectivity index (χ4v) is 5.43. The van der Waals surface area contributed by atoms with Gasteiger partial charge in [-0.05, 0) is 41.6 Å². The molecule has 2 amide bonds. The van der Waals surface area contributed by atoms with Crippen molar-refractivity contribution in [3.63, 3.8) is 0 Å². The van der Waals surface area contributed by atoms with E-state index >= 15 is 0 Å². The quantitative estimate of drug-likeness (QED) is 0.517. The van der Waals surface area contributed by atoms with Crippen LogP contribution < -0.4 is 11.1 Å². The smallest absolute Gasteiger partial charge is 0.251 e. The summed E-state index contributed by atoms with van der Waals surface area (Å²) in [6.07, 6.45) is 2.13. The fourth-order valence-electron chi connectivity index (χ4n) is 4.11. The van der Waals surface area contributed by atoms with Crippen LogP contribution in [0, 0.1) is 0 Å². The molecular formula is C25H28ClN3O2S. The average Bonchev–Trinajstić information content (AvgIpc) is 3.12. The Morgan fingerprint density at radius 2 is 1.75 bits per heavy atom. The van der Waals surface area contributed by atoms with Crippen LogP contribution in [0.4, 0.5) is 5.00 Å². The third-order valence-corrected chi connectivity index (χ3v) is 6.73. The molecule has 7 heteroatoms. The van der Waals surface area contributed by atoms with Crippen LogP contribution in [0.3, 0.4) is 0 Å². The second-order valence-corrected chi connectivity index (χ2v) is 8.99. The maximum absolute atomic E-state index is 12.7. The second kappa shape index (κ2) is 10.8. The summed E-state index contributed by atoms with van der Waals surface area (Å²) < 4.78 is 0. The molecule has 0 spiro atoms. The van der Waals surface area contributed by atoms with Crippen LogP contribution in [-0.4, -0.2) is 29.8 Å². The number of hydrogen-bond acceptors (Lipinski definition) is 4. The van der Waals surface area contributed by atoms with E-state index in [1.165, 1.54) is 11.3 Å². The highest BCUT2D eigenvalue weighted by Gasteiger charge is 2.27. The number of rotatable bonds is 7. The second-order valence-electron chi connectivity index (χ2n) is 7.89. The van der Waals surface area contributed by atoms with Gasteiger partial charge >= 0.3 is 0 Å². The highest BCUT2D eigenvalue weighted by Crippen LogP contribution is 2.37. The van der Waals surface area contributed by atoms with Gasteiger partial charge in [0.25, 0.3) is 5.91 Å². The van der Waals surface area contributed by atoms with Gasteiger partial charge in [-0.2, -0.15) is 0 Å². The van der Waals surface area contributed by atoms with Gasteiger partial charge in [0.15, 0.2) is 0 Å². The molecule has 32 heavy (non-hydrogen) atoms. The first kappa shape index (κ1) is 24.0. The van der Waals surface area contributed by atoms with Gasteiger partial charge in [-0.1, -0.05) is 61.5 Å². The lowest BCUT2D eigenvalue weighted by Gasteiger charge is -2.26. The van der Waals surface area contributed by atoms with Crippen LogP contribution in [-0.2, 0) is 24.2 Å². The van der Waals surface area contributed by atoms with E-state index in [2.05, 4.69) is 29.3 Å². The van der Waals surface area contributed by atoms with E-state index in [0.717, 1.165) is 59.6 Å². The first-order valence-corrected chi connectivity index (χ1v) is 11.5. The average molecular weight is 470 g/mol. The maximum atomic E-state index is 12.7. The van der Waals surface area contributed by atoms with E-state index in [4.69, 9.17) is 5.73 Å². The Morgan fingerprint density at radius 1 is 1.06 bits per heavy atom. The molecule has 2 aromatic carbocycles. The summed E-state index contributed by atoms with van der Waals surface area (Å²) in [5.74, 6) is -0.608. The predicted octanol–water partition coefficient (Wildman–Crippen LogP) is 4.89. The third-order valence-electron chi connectivity index (χ3n) is 5.60. The molecule has 2 heterocycles. The summed E-state index contributed by atoms with van der Waals surface area (Å²) in [5, 5.41) is 3.54. The standard InChI is InChI=1S/C25H27N3O2S.ClH/c1-2-13-28-14-12-20-21(16-28)31-25(23(20)24(26)30)27-22(29)15-17-8-10-19(11-9-17)18-6-4-3-5-7-18;/h3-11H,2,12-16H2,1H3,(H2,26,30)(H,27,29);1H. The molecule has 168 valence electrons. The topological polar surface area (TPSA) is 75.4 Å². The van der Waals surface area contributed by atoms with Crippen molar-refractivity contribution in [3.05, 3.63) is 76.2 Å². The Hall–Kier alpha value is -2.67. The van der Waals surface area contributed by atoms with Crippen molar-refractivity contribution in [2.45, 2.75) is 32.7 Å². The van der Waals surface area contributed by atoms with Gasteiger partial charge in [-0.3, -0.25) is 14.5 Å². The molecule has 1 aromatic heterocycles. The molecule has 0 aliphatic carbocycles. The minimum Gasteiger partial charge on any atom is -0.365 e. The zero-order chi connectivity index (χ0) is 21.8. The number of amides is 2. The van der Waals surface area contributed by atoms with Crippen molar-refractivity contribution in [2.24, 2.45) is 5.73 Å². The number of fused-ring (bicyclic) bond motifs is 1. The summed E-state index contributed by atoms with van der Waals surface area (Å²) in [6, 6.07) is 18.1. The van der Waals surface area contributed by atoms with Gasteiger partial charge in [0.2, 0.25) is 5.91 Å².